The molecular formula is C12H25NO2S. The summed E-state index contributed by atoms with van der Waals surface area (Å²) in [5.41, 5.74) is 0. The van der Waals surface area contributed by atoms with E-state index in [0.717, 1.165) is 18.8 Å². The van der Waals surface area contributed by atoms with Crippen LogP contribution in [0, 0.1) is 5.92 Å². The lowest BCUT2D eigenvalue weighted by atomic mass is 9.83. The first-order chi connectivity index (χ1) is 7.57. The monoisotopic (exact) mass is 247 g/mol. The summed E-state index contributed by atoms with van der Waals surface area (Å²) in [5.74, 6) is 1.40. The van der Waals surface area contributed by atoms with E-state index >= 15 is 0 Å². The molecule has 0 radical (unpaired) electrons. The zero-order chi connectivity index (χ0) is 12.0. The van der Waals surface area contributed by atoms with Crippen molar-refractivity contribution in [2.24, 2.45) is 5.92 Å². The Morgan fingerprint density at radius 3 is 2.69 bits per heavy atom. The molecule has 2 atom stereocenters. The Morgan fingerprint density at radius 1 is 1.31 bits per heavy atom. The van der Waals surface area contributed by atoms with E-state index in [1.165, 1.54) is 25.7 Å². The number of nitrogens with one attached hydrogen (secondary N) is 1. The lowest BCUT2D eigenvalue weighted by Crippen LogP contribution is -2.31. The van der Waals surface area contributed by atoms with Gasteiger partial charge in [-0.2, -0.15) is 0 Å². The molecule has 0 aliphatic heterocycles. The summed E-state index contributed by atoms with van der Waals surface area (Å²) >= 11 is 0. The fraction of sp³-hybridized carbons (Fsp3) is 1.00. The number of rotatable bonds is 6. The van der Waals surface area contributed by atoms with Gasteiger partial charge in [0.15, 0.2) is 0 Å². The molecule has 1 fully saturated rings. The summed E-state index contributed by atoms with van der Waals surface area (Å²) in [5, 5.41) is 3.33. The number of sulfone groups is 1. The molecule has 0 spiro atoms. The second-order valence-corrected chi connectivity index (χ2v) is 7.37. The van der Waals surface area contributed by atoms with Gasteiger partial charge in [-0.05, 0) is 38.6 Å². The predicted molar refractivity (Wildman–Crippen MR) is 68.4 cm³/mol. The van der Waals surface area contributed by atoms with Crippen molar-refractivity contribution in [2.75, 3.05) is 18.6 Å². The summed E-state index contributed by atoms with van der Waals surface area (Å²) in [6.45, 7) is 1.73. The fourth-order valence-electron chi connectivity index (χ4n) is 2.55. The molecule has 0 heterocycles. The van der Waals surface area contributed by atoms with Gasteiger partial charge in [0.1, 0.15) is 9.84 Å². The lowest BCUT2D eigenvalue weighted by molar-refractivity contribution is 0.281. The molecule has 1 saturated carbocycles. The Kier molecular flexibility index (Phi) is 5.76. The van der Waals surface area contributed by atoms with Crippen LogP contribution >= 0.6 is 0 Å². The van der Waals surface area contributed by atoms with E-state index in [2.05, 4.69) is 5.32 Å². The summed E-state index contributed by atoms with van der Waals surface area (Å²) in [4.78, 5) is 0. The quantitative estimate of drug-likeness (QED) is 0.780. The Balaban J connectivity index is 2.22. The van der Waals surface area contributed by atoms with Crippen LogP contribution < -0.4 is 5.32 Å². The Hall–Kier alpha value is -0.0900. The average molecular weight is 247 g/mol. The molecule has 0 aromatic heterocycles. The maximum Gasteiger partial charge on any atom is 0.150 e. The normalized spacial score (nSPS) is 26.9. The largest absolute Gasteiger partial charge is 0.317 e. The van der Waals surface area contributed by atoms with Crippen LogP contribution in [-0.2, 0) is 9.84 Å². The highest BCUT2D eigenvalue weighted by Crippen LogP contribution is 2.27. The van der Waals surface area contributed by atoms with Crippen molar-refractivity contribution in [2.45, 2.75) is 51.5 Å². The van der Waals surface area contributed by atoms with Gasteiger partial charge in [0.25, 0.3) is 0 Å². The highest BCUT2D eigenvalue weighted by atomic mass is 32.2. The molecule has 0 amide bonds. The minimum absolute atomic E-state index is 0.288. The van der Waals surface area contributed by atoms with Crippen LogP contribution in [0.25, 0.3) is 0 Å². The Morgan fingerprint density at radius 2 is 2.06 bits per heavy atom. The molecule has 1 aliphatic rings. The molecule has 16 heavy (non-hydrogen) atoms. The lowest BCUT2D eigenvalue weighted by Gasteiger charge is -2.28. The molecule has 0 bridgehead atoms. The first-order valence-corrected chi connectivity index (χ1v) is 8.27. The van der Waals surface area contributed by atoms with Crippen LogP contribution in [0.5, 0.6) is 0 Å². The van der Waals surface area contributed by atoms with Gasteiger partial charge in [-0.15, -0.1) is 0 Å². The van der Waals surface area contributed by atoms with Crippen molar-refractivity contribution < 1.29 is 8.42 Å². The van der Waals surface area contributed by atoms with Crippen LogP contribution in [0.1, 0.15) is 45.4 Å². The van der Waals surface area contributed by atoms with Gasteiger partial charge in [0, 0.05) is 11.8 Å². The summed E-state index contributed by atoms with van der Waals surface area (Å²) in [6.07, 6.45) is 7.00. The highest BCUT2D eigenvalue weighted by Gasteiger charge is 2.20. The van der Waals surface area contributed by atoms with Crippen LogP contribution in [0.2, 0.25) is 0 Å². The van der Waals surface area contributed by atoms with E-state index in [9.17, 15) is 8.42 Å². The third-order valence-electron chi connectivity index (χ3n) is 3.70. The third kappa shape index (κ3) is 4.83. The first kappa shape index (κ1) is 14.0. The Bertz CT molecular complexity index is 287. The van der Waals surface area contributed by atoms with E-state index in [-0.39, 0.29) is 5.75 Å². The van der Waals surface area contributed by atoms with Gasteiger partial charge >= 0.3 is 0 Å². The first-order valence-electron chi connectivity index (χ1n) is 6.45. The van der Waals surface area contributed by atoms with Gasteiger partial charge in [-0.3, -0.25) is 0 Å². The second-order valence-electron chi connectivity index (χ2n) is 4.90. The predicted octanol–water partition coefficient (Wildman–Crippen LogP) is 1.98. The van der Waals surface area contributed by atoms with Crippen LogP contribution in [0.4, 0.5) is 0 Å². The van der Waals surface area contributed by atoms with Crippen molar-refractivity contribution in [1.82, 2.24) is 5.32 Å². The smallest absolute Gasteiger partial charge is 0.150 e. The van der Waals surface area contributed by atoms with Gasteiger partial charge in [0.2, 0.25) is 0 Å². The number of hydrogen-bond donors (Lipinski definition) is 1. The fourth-order valence-corrected chi connectivity index (χ4v) is 3.45. The zero-order valence-electron chi connectivity index (χ0n) is 10.5. The van der Waals surface area contributed by atoms with Gasteiger partial charge in [0.05, 0.1) is 5.75 Å². The minimum atomic E-state index is -2.76. The van der Waals surface area contributed by atoms with Crippen molar-refractivity contribution in [1.29, 1.82) is 0 Å². The van der Waals surface area contributed by atoms with Gasteiger partial charge < -0.3 is 5.32 Å². The molecule has 1 rings (SSSR count). The maximum atomic E-state index is 11.3. The molecule has 3 nitrogen and oxygen atoms in total. The van der Waals surface area contributed by atoms with Crippen LogP contribution in [0.15, 0.2) is 0 Å². The van der Waals surface area contributed by atoms with Crippen molar-refractivity contribution in [3.63, 3.8) is 0 Å². The zero-order valence-corrected chi connectivity index (χ0v) is 11.4. The van der Waals surface area contributed by atoms with Crippen molar-refractivity contribution in [3.8, 4) is 0 Å². The molecule has 0 saturated heterocycles. The van der Waals surface area contributed by atoms with Gasteiger partial charge in [-0.1, -0.05) is 19.8 Å². The minimum Gasteiger partial charge on any atom is -0.317 e. The average Bonchev–Trinajstić information content (AvgIpc) is 2.29. The molecule has 0 aromatic rings. The molecule has 2 unspecified atom stereocenters. The maximum absolute atomic E-state index is 11.3. The van der Waals surface area contributed by atoms with Crippen molar-refractivity contribution in [3.05, 3.63) is 0 Å². The molecule has 4 heteroatoms. The summed E-state index contributed by atoms with van der Waals surface area (Å²) in [6, 6.07) is 0.654. The van der Waals surface area contributed by atoms with E-state index in [0.29, 0.717) is 11.8 Å². The molecule has 0 aromatic carbocycles. The van der Waals surface area contributed by atoms with Crippen LogP contribution in [-0.4, -0.2) is 33.0 Å². The third-order valence-corrected chi connectivity index (χ3v) is 5.49. The van der Waals surface area contributed by atoms with E-state index in [1.54, 1.807) is 6.92 Å². The molecule has 1 aliphatic carbocycles. The topological polar surface area (TPSA) is 46.2 Å². The summed E-state index contributed by atoms with van der Waals surface area (Å²) < 4.78 is 22.7. The van der Waals surface area contributed by atoms with E-state index < -0.39 is 9.84 Å². The van der Waals surface area contributed by atoms with E-state index in [1.807, 2.05) is 7.05 Å². The molecule has 1 N–H and O–H groups in total. The SMILES string of the molecule is CCS(=O)(=O)CCCC1CCCC(NC)C1. The molecular weight excluding hydrogens is 222 g/mol. The van der Waals surface area contributed by atoms with Crippen molar-refractivity contribution >= 4 is 9.84 Å². The molecule has 96 valence electrons. The highest BCUT2D eigenvalue weighted by molar-refractivity contribution is 7.91. The second kappa shape index (κ2) is 6.60. The van der Waals surface area contributed by atoms with Gasteiger partial charge in [-0.25, -0.2) is 8.42 Å². The Labute approximate surface area is 99.9 Å². The number of hydrogen-bond acceptors (Lipinski definition) is 3. The van der Waals surface area contributed by atoms with E-state index in [4.69, 9.17) is 0 Å². The van der Waals surface area contributed by atoms with Crippen LogP contribution in [0.3, 0.4) is 0 Å². The summed E-state index contributed by atoms with van der Waals surface area (Å²) in [7, 11) is -0.733. The standard InChI is InChI=1S/C12H25NO2S/c1-3-16(14,15)9-5-7-11-6-4-8-12(10-11)13-2/h11-13H,3-10H2,1-2H3.